The molecule has 7 heteroatoms. The molecule has 2 fully saturated rings. The summed E-state index contributed by atoms with van der Waals surface area (Å²) in [6.07, 6.45) is 0.551. The van der Waals surface area contributed by atoms with Crippen LogP contribution in [-0.2, 0) is 14.4 Å². The molecule has 3 unspecified atom stereocenters. The van der Waals surface area contributed by atoms with E-state index in [4.69, 9.17) is 0 Å². The molecule has 2 saturated heterocycles. The zero-order valence-electron chi connectivity index (χ0n) is 14.1. The standard InChI is InChI=1S/C18H22N2O4S/c1-12(13-5-3-2-4-6-13)20-10-14(9-15(20)21)16(22)19-18(17(23)24)7-8-25-11-18/h2-6,12,14H,7-11H2,1H3,(H,19,22)(H,23,24). The first-order chi connectivity index (χ1) is 11.9. The van der Waals surface area contributed by atoms with Gasteiger partial charge in [-0.15, -0.1) is 0 Å². The summed E-state index contributed by atoms with van der Waals surface area (Å²) in [7, 11) is 0. The largest absolute Gasteiger partial charge is 0.479 e. The van der Waals surface area contributed by atoms with Crippen LogP contribution >= 0.6 is 11.8 Å². The lowest BCUT2D eigenvalue weighted by Gasteiger charge is -2.27. The molecule has 0 saturated carbocycles. The topological polar surface area (TPSA) is 86.7 Å². The molecule has 2 N–H and O–H groups in total. The van der Waals surface area contributed by atoms with E-state index >= 15 is 0 Å². The van der Waals surface area contributed by atoms with Crippen molar-refractivity contribution in [1.29, 1.82) is 0 Å². The number of likely N-dealkylation sites (tertiary alicyclic amines) is 1. The predicted octanol–water partition coefficient (Wildman–Crippen LogP) is 1.67. The molecule has 134 valence electrons. The highest BCUT2D eigenvalue weighted by atomic mass is 32.2. The molecule has 0 spiro atoms. The number of hydrogen-bond acceptors (Lipinski definition) is 4. The highest BCUT2D eigenvalue weighted by Gasteiger charge is 2.46. The lowest BCUT2D eigenvalue weighted by Crippen LogP contribution is -2.56. The van der Waals surface area contributed by atoms with E-state index in [2.05, 4.69) is 5.32 Å². The van der Waals surface area contributed by atoms with E-state index in [-0.39, 0.29) is 24.3 Å². The summed E-state index contributed by atoms with van der Waals surface area (Å²) in [5.74, 6) is -0.806. The quantitative estimate of drug-likeness (QED) is 0.832. The van der Waals surface area contributed by atoms with Gasteiger partial charge in [-0.05, 0) is 24.7 Å². The maximum atomic E-state index is 12.6. The summed E-state index contributed by atoms with van der Waals surface area (Å²) >= 11 is 1.52. The number of nitrogens with one attached hydrogen (secondary N) is 1. The van der Waals surface area contributed by atoms with Gasteiger partial charge in [-0.1, -0.05) is 30.3 Å². The van der Waals surface area contributed by atoms with Crippen molar-refractivity contribution in [3.8, 4) is 0 Å². The number of amides is 2. The van der Waals surface area contributed by atoms with Crippen LogP contribution in [0, 0.1) is 5.92 Å². The first-order valence-corrected chi connectivity index (χ1v) is 9.56. The Morgan fingerprint density at radius 1 is 1.36 bits per heavy atom. The summed E-state index contributed by atoms with van der Waals surface area (Å²) < 4.78 is 0. The Morgan fingerprint density at radius 2 is 2.08 bits per heavy atom. The molecule has 25 heavy (non-hydrogen) atoms. The Labute approximate surface area is 151 Å². The van der Waals surface area contributed by atoms with E-state index < -0.39 is 17.4 Å². The second-order valence-corrected chi connectivity index (χ2v) is 7.82. The van der Waals surface area contributed by atoms with E-state index in [1.54, 1.807) is 4.90 Å². The maximum Gasteiger partial charge on any atom is 0.330 e. The van der Waals surface area contributed by atoms with Gasteiger partial charge in [0.25, 0.3) is 0 Å². The number of thioether (sulfide) groups is 1. The minimum atomic E-state index is -1.19. The third kappa shape index (κ3) is 3.51. The summed E-state index contributed by atoms with van der Waals surface area (Å²) in [4.78, 5) is 38.3. The number of carbonyl (C=O) groups excluding carboxylic acids is 2. The molecular weight excluding hydrogens is 340 g/mol. The van der Waals surface area contributed by atoms with Gasteiger partial charge in [0.05, 0.1) is 12.0 Å². The number of benzene rings is 1. The summed E-state index contributed by atoms with van der Waals surface area (Å²) in [6.45, 7) is 2.27. The smallest absolute Gasteiger partial charge is 0.330 e. The van der Waals surface area contributed by atoms with Crippen LogP contribution in [0.15, 0.2) is 30.3 Å². The van der Waals surface area contributed by atoms with Gasteiger partial charge in [-0.3, -0.25) is 9.59 Å². The van der Waals surface area contributed by atoms with Crippen LogP contribution in [0.25, 0.3) is 0 Å². The fourth-order valence-electron chi connectivity index (χ4n) is 3.42. The molecule has 2 aliphatic heterocycles. The highest BCUT2D eigenvalue weighted by Crippen LogP contribution is 2.31. The number of carboxylic acid groups (broad SMARTS) is 1. The first-order valence-electron chi connectivity index (χ1n) is 8.40. The first kappa shape index (κ1) is 17.8. The van der Waals surface area contributed by atoms with Gasteiger partial charge >= 0.3 is 5.97 Å². The van der Waals surface area contributed by atoms with E-state index in [0.717, 1.165) is 5.56 Å². The Hall–Kier alpha value is -2.02. The number of hydrogen-bond donors (Lipinski definition) is 2. The van der Waals surface area contributed by atoms with Crippen molar-refractivity contribution in [3.63, 3.8) is 0 Å². The molecule has 0 radical (unpaired) electrons. The van der Waals surface area contributed by atoms with Gasteiger partial charge in [0.2, 0.25) is 11.8 Å². The molecule has 1 aromatic rings. The van der Waals surface area contributed by atoms with E-state index in [0.29, 0.717) is 24.5 Å². The Morgan fingerprint density at radius 3 is 2.68 bits per heavy atom. The summed E-state index contributed by atoms with van der Waals surface area (Å²) in [5.41, 5.74) is -0.172. The van der Waals surface area contributed by atoms with Crippen molar-refractivity contribution in [2.45, 2.75) is 31.3 Å². The van der Waals surface area contributed by atoms with Gasteiger partial charge in [-0.2, -0.15) is 11.8 Å². The summed E-state index contributed by atoms with van der Waals surface area (Å²) in [6, 6.07) is 9.57. The molecule has 3 atom stereocenters. The van der Waals surface area contributed by atoms with Crippen molar-refractivity contribution in [3.05, 3.63) is 35.9 Å². The molecule has 6 nitrogen and oxygen atoms in total. The maximum absolute atomic E-state index is 12.6. The van der Waals surface area contributed by atoms with Crippen LogP contribution < -0.4 is 5.32 Å². The van der Waals surface area contributed by atoms with Crippen molar-refractivity contribution in [2.75, 3.05) is 18.1 Å². The van der Waals surface area contributed by atoms with Crippen molar-refractivity contribution in [1.82, 2.24) is 10.2 Å². The van der Waals surface area contributed by atoms with Gasteiger partial charge in [0.1, 0.15) is 5.54 Å². The van der Waals surface area contributed by atoms with Gasteiger partial charge in [-0.25, -0.2) is 4.79 Å². The molecule has 2 heterocycles. The van der Waals surface area contributed by atoms with Crippen LogP contribution in [0.3, 0.4) is 0 Å². The Bertz CT molecular complexity index is 673. The number of aliphatic carboxylic acids is 1. The number of carboxylic acids is 1. The average Bonchev–Trinajstić information content (AvgIpc) is 3.22. The second kappa shape index (κ2) is 7.07. The lowest BCUT2D eigenvalue weighted by atomic mass is 9.97. The lowest BCUT2D eigenvalue weighted by molar-refractivity contribution is -0.147. The van der Waals surface area contributed by atoms with Crippen LogP contribution in [0.5, 0.6) is 0 Å². The highest BCUT2D eigenvalue weighted by molar-refractivity contribution is 7.99. The SMILES string of the molecule is CC(c1ccccc1)N1CC(C(=O)NC2(C(=O)O)CCSC2)CC1=O. The normalized spacial score (nSPS) is 27.3. The fourth-order valence-corrected chi connectivity index (χ4v) is 4.74. The number of rotatable bonds is 5. The zero-order chi connectivity index (χ0) is 18.0. The van der Waals surface area contributed by atoms with Gasteiger partial charge in [0.15, 0.2) is 0 Å². The van der Waals surface area contributed by atoms with Gasteiger partial charge in [0, 0.05) is 18.7 Å². The van der Waals surface area contributed by atoms with E-state index in [1.165, 1.54) is 11.8 Å². The van der Waals surface area contributed by atoms with E-state index in [9.17, 15) is 19.5 Å². The molecule has 1 aromatic carbocycles. The average molecular weight is 362 g/mol. The Balaban J connectivity index is 1.67. The molecule has 0 aliphatic carbocycles. The van der Waals surface area contributed by atoms with Crippen molar-refractivity contribution in [2.24, 2.45) is 5.92 Å². The monoisotopic (exact) mass is 362 g/mol. The predicted molar refractivity (Wildman–Crippen MR) is 95.1 cm³/mol. The second-order valence-electron chi connectivity index (χ2n) is 6.71. The fraction of sp³-hybridized carbons (Fsp3) is 0.500. The van der Waals surface area contributed by atoms with Crippen LogP contribution in [0.2, 0.25) is 0 Å². The van der Waals surface area contributed by atoms with Crippen molar-refractivity contribution >= 4 is 29.5 Å². The van der Waals surface area contributed by atoms with E-state index in [1.807, 2.05) is 37.3 Å². The van der Waals surface area contributed by atoms with Crippen LogP contribution in [-0.4, -0.2) is 51.4 Å². The summed E-state index contributed by atoms with van der Waals surface area (Å²) in [5, 5.41) is 12.2. The molecule has 2 aliphatic rings. The van der Waals surface area contributed by atoms with Gasteiger partial charge < -0.3 is 15.3 Å². The molecular formula is C18H22N2O4S. The molecule has 3 rings (SSSR count). The zero-order valence-corrected chi connectivity index (χ0v) is 14.9. The molecule has 0 bridgehead atoms. The third-order valence-corrected chi connectivity index (χ3v) is 6.26. The third-order valence-electron chi connectivity index (χ3n) is 5.07. The Kier molecular flexibility index (Phi) is 5.03. The van der Waals surface area contributed by atoms with Crippen molar-refractivity contribution < 1.29 is 19.5 Å². The molecule has 2 amide bonds. The minimum absolute atomic E-state index is 0.0679. The number of carbonyl (C=O) groups is 3. The molecule has 0 aromatic heterocycles. The van der Waals surface area contributed by atoms with Crippen LogP contribution in [0.1, 0.15) is 31.4 Å². The minimum Gasteiger partial charge on any atom is -0.479 e. The van der Waals surface area contributed by atoms with Crippen LogP contribution in [0.4, 0.5) is 0 Å². The number of nitrogens with zero attached hydrogens (tertiary/aromatic N) is 1.